The molecule has 132 valence electrons. The van der Waals surface area contributed by atoms with Crippen LogP contribution < -0.4 is 0 Å². The third-order valence-electron chi connectivity index (χ3n) is 3.13. The monoisotopic (exact) mass is 385 g/mol. The summed E-state index contributed by atoms with van der Waals surface area (Å²) in [5.41, 5.74) is 9.06. The van der Waals surface area contributed by atoms with Gasteiger partial charge in [0, 0.05) is 29.1 Å². The van der Waals surface area contributed by atoms with Crippen LogP contribution in [0.5, 0.6) is 0 Å². The van der Waals surface area contributed by atoms with Crippen LogP contribution in [-0.4, -0.2) is 43.8 Å². The molecule has 0 radical (unpaired) electrons. The van der Waals surface area contributed by atoms with E-state index < -0.39 is 23.3 Å². The zero-order valence-corrected chi connectivity index (χ0v) is 17.1. The molecule has 1 N–H and O–H groups in total. The molecule has 0 bridgehead atoms. The second kappa shape index (κ2) is 10.5. The molecule has 11 heteroatoms. The molecule has 1 aromatic heterocycles. The molecule has 0 aliphatic heterocycles. The Morgan fingerprint density at radius 2 is 2.17 bits per heavy atom. The first-order valence-corrected chi connectivity index (χ1v) is 14.2. The van der Waals surface area contributed by atoms with Gasteiger partial charge in [-0.1, -0.05) is 16.9 Å². The maximum atomic E-state index is 10.6. The number of carbonyl (C=O) groups is 1. The zero-order valence-electron chi connectivity index (χ0n) is 14.2. The molecular weight excluding hydrogens is 362 g/mol. The van der Waals surface area contributed by atoms with Crippen molar-refractivity contribution in [2.75, 3.05) is 5.38 Å². The molecular formula is C13H23N5O3SSi2. The van der Waals surface area contributed by atoms with E-state index in [0.29, 0.717) is 11.6 Å². The summed E-state index contributed by atoms with van der Waals surface area (Å²) in [6, 6.07) is 0.867. The van der Waals surface area contributed by atoms with Crippen molar-refractivity contribution >= 4 is 35.1 Å². The summed E-state index contributed by atoms with van der Waals surface area (Å²) in [5.74, 6) is -0.748. The second-order valence-corrected chi connectivity index (χ2v) is 14.6. The number of aliphatic carboxylic acids is 1. The van der Waals surface area contributed by atoms with Gasteiger partial charge in [0.05, 0.1) is 6.54 Å². The van der Waals surface area contributed by atoms with Crippen LogP contribution in [-0.2, 0) is 15.5 Å². The summed E-state index contributed by atoms with van der Waals surface area (Å²) in [6.45, 7) is 6.69. The highest BCUT2D eigenvalue weighted by Gasteiger charge is 2.25. The molecule has 8 nitrogen and oxygen atoms in total. The minimum Gasteiger partial charge on any atom is -0.481 e. The van der Waals surface area contributed by atoms with E-state index in [9.17, 15) is 4.79 Å². The third-order valence-corrected chi connectivity index (χ3v) is 11.9. The molecule has 0 aliphatic rings. The van der Waals surface area contributed by atoms with Gasteiger partial charge in [0.1, 0.15) is 0 Å². The first-order chi connectivity index (χ1) is 11.3. The van der Waals surface area contributed by atoms with Gasteiger partial charge in [-0.15, -0.1) is 0 Å². The van der Waals surface area contributed by atoms with Crippen molar-refractivity contribution in [1.29, 1.82) is 0 Å². The number of rotatable bonds is 11. The average molecular weight is 386 g/mol. The fourth-order valence-corrected chi connectivity index (χ4v) is 10.6. The smallest absolute Gasteiger partial charge is 0.303 e. The van der Waals surface area contributed by atoms with Gasteiger partial charge >= 0.3 is 5.97 Å². The van der Waals surface area contributed by atoms with E-state index in [2.05, 4.69) is 39.6 Å². The number of thioether (sulfide) groups is 1. The first kappa shape index (κ1) is 20.6. The number of aromatic nitrogens is 2. The molecule has 1 unspecified atom stereocenters. The van der Waals surface area contributed by atoms with Crippen LogP contribution in [0.3, 0.4) is 0 Å². The van der Waals surface area contributed by atoms with Crippen LogP contribution in [0.4, 0.5) is 0 Å². The normalized spacial score (nSPS) is 12.5. The molecule has 0 fully saturated rings. The number of carboxylic acids is 1. The molecule has 1 heterocycles. The van der Waals surface area contributed by atoms with Crippen molar-refractivity contribution in [3.05, 3.63) is 28.4 Å². The highest BCUT2D eigenvalue weighted by atomic mass is 32.2. The largest absolute Gasteiger partial charge is 0.481 e. The summed E-state index contributed by atoms with van der Waals surface area (Å²) in [7, 11) is -3.16. The second-order valence-electron chi connectivity index (χ2n) is 6.01. The standard InChI is InChI=1S/C13H23N5O3SSi2/c1-23(21-24(2,3)6-4-5-12(19)20)10-22-13-15-7-11(8-16-13)9-17-18-14/h7-8,23H,4-6,9-10H2,1-3H3,(H,19,20). The van der Waals surface area contributed by atoms with Crippen molar-refractivity contribution < 1.29 is 14.0 Å². The third kappa shape index (κ3) is 9.04. The fraction of sp³-hybridized carbons (Fsp3) is 0.615. The lowest BCUT2D eigenvalue weighted by Gasteiger charge is -2.26. The molecule has 0 aliphatic carbocycles. The van der Waals surface area contributed by atoms with Crippen molar-refractivity contribution in [2.45, 2.75) is 50.2 Å². The molecule has 0 amide bonds. The molecule has 1 rings (SSSR count). The van der Waals surface area contributed by atoms with Gasteiger partial charge in [0.25, 0.3) is 0 Å². The van der Waals surface area contributed by atoms with E-state index in [1.54, 1.807) is 24.2 Å². The van der Waals surface area contributed by atoms with E-state index in [0.717, 1.165) is 17.0 Å². The Balaban J connectivity index is 2.37. The van der Waals surface area contributed by atoms with Crippen LogP contribution in [0.2, 0.25) is 25.7 Å². The number of azide groups is 1. The number of hydrogen-bond donors (Lipinski definition) is 1. The number of hydrogen-bond acceptors (Lipinski definition) is 6. The molecule has 24 heavy (non-hydrogen) atoms. The van der Waals surface area contributed by atoms with Gasteiger partial charge in [-0.2, -0.15) is 0 Å². The molecule has 0 saturated heterocycles. The molecule has 0 spiro atoms. The Kier molecular flexibility index (Phi) is 9.00. The predicted octanol–water partition coefficient (Wildman–Crippen LogP) is 3.36. The Morgan fingerprint density at radius 3 is 2.75 bits per heavy atom. The van der Waals surface area contributed by atoms with Gasteiger partial charge < -0.3 is 9.22 Å². The van der Waals surface area contributed by atoms with Gasteiger partial charge in [-0.25, -0.2) is 9.97 Å². The number of nitrogens with zero attached hydrogens (tertiary/aromatic N) is 5. The van der Waals surface area contributed by atoms with Gasteiger partial charge in [0.15, 0.2) is 22.5 Å². The van der Waals surface area contributed by atoms with Crippen molar-refractivity contribution in [2.24, 2.45) is 5.11 Å². The van der Waals surface area contributed by atoms with Crippen molar-refractivity contribution in [3.63, 3.8) is 0 Å². The zero-order chi connectivity index (χ0) is 18.0. The van der Waals surface area contributed by atoms with Gasteiger partial charge in [0.2, 0.25) is 0 Å². The molecule has 0 saturated carbocycles. The SMILES string of the molecule is C[SiH](CSc1ncc(CN=[N+]=[N-])cn1)O[Si](C)(C)CCCC(=O)O. The number of carboxylic acid groups (broad SMARTS) is 1. The predicted molar refractivity (Wildman–Crippen MR) is 98.9 cm³/mol. The Bertz CT molecular complexity index is 581. The van der Waals surface area contributed by atoms with E-state index in [1.165, 1.54) is 0 Å². The van der Waals surface area contributed by atoms with Crippen molar-refractivity contribution in [1.82, 2.24) is 9.97 Å². The van der Waals surface area contributed by atoms with Crippen LogP contribution in [0.15, 0.2) is 22.7 Å². The Labute approximate surface area is 148 Å². The highest BCUT2D eigenvalue weighted by Crippen LogP contribution is 2.20. The lowest BCUT2D eigenvalue weighted by Crippen LogP contribution is -2.37. The van der Waals surface area contributed by atoms with Crippen LogP contribution in [0.25, 0.3) is 10.4 Å². The van der Waals surface area contributed by atoms with E-state index >= 15 is 0 Å². The highest BCUT2D eigenvalue weighted by molar-refractivity contribution is 8.00. The topological polar surface area (TPSA) is 121 Å². The maximum Gasteiger partial charge on any atom is 0.303 e. The first-order valence-electron chi connectivity index (χ1n) is 7.66. The minimum absolute atomic E-state index is 0.209. The van der Waals surface area contributed by atoms with Gasteiger partial charge in [-0.3, -0.25) is 4.79 Å². The Morgan fingerprint density at radius 1 is 1.50 bits per heavy atom. The van der Waals surface area contributed by atoms with Gasteiger partial charge in [-0.05, 0) is 43.2 Å². The summed E-state index contributed by atoms with van der Waals surface area (Å²) in [5, 5.41) is 13.7. The van der Waals surface area contributed by atoms with E-state index in [1.807, 2.05) is 0 Å². The quantitative estimate of drug-likeness (QED) is 0.156. The molecule has 1 aromatic rings. The van der Waals surface area contributed by atoms with Crippen LogP contribution in [0, 0.1) is 0 Å². The summed E-state index contributed by atoms with van der Waals surface area (Å²) >= 11 is 1.57. The lowest BCUT2D eigenvalue weighted by molar-refractivity contribution is -0.137. The van der Waals surface area contributed by atoms with E-state index in [-0.39, 0.29) is 13.0 Å². The molecule has 0 aromatic carbocycles. The average Bonchev–Trinajstić information content (AvgIpc) is 2.51. The van der Waals surface area contributed by atoms with E-state index in [4.69, 9.17) is 14.8 Å². The van der Waals surface area contributed by atoms with Crippen LogP contribution in [0.1, 0.15) is 18.4 Å². The summed E-state index contributed by atoms with van der Waals surface area (Å²) < 4.78 is 6.27. The lowest BCUT2D eigenvalue weighted by atomic mass is 10.3. The fourth-order valence-electron chi connectivity index (χ4n) is 2.11. The minimum atomic E-state index is -1.80. The summed E-state index contributed by atoms with van der Waals surface area (Å²) in [6.07, 6.45) is 4.22. The maximum absolute atomic E-state index is 10.6. The van der Waals surface area contributed by atoms with Crippen molar-refractivity contribution in [3.8, 4) is 0 Å². The molecule has 1 atom stereocenters. The van der Waals surface area contributed by atoms with Crippen LogP contribution >= 0.6 is 11.8 Å². The summed E-state index contributed by atoms with van der Waals surface area (Å²) in [4.78, 5) is 21.8. The Hall–Kier alpha value is -1.40.